The molecule has 0 saturated heterocycles. The molecule has 0 unspecified atom stereocenters. The summed E-state index contributed by atoms with van der Waals surface area (Å²) >= 11 is 0. The van der Waals surface area contributed by atoms with Crippen LogP contribution in [0.3, 0.4) is 0 Å². The molecule has 1 amide bonds. The molecule has 118 valence electrons. The van der Waals surface area contributed by atoms with Gasteiger partial charge in [-0.1, -0.05) is 18.2 Å². The molecule has 0 aliphatic heterocycles. The van der Waals surface area contributed by atoms with E-state index in [0.29, 0.717) is 24.4 Å². The van der Waals surface area contributed by atoms with Gasteiger partial charge in [0.25, 0.3) is 5.91 Å². The van der Waals surface area contributed by atoms with E-state index in [1.807, 2.05) is 43.4 Å². The van der Waals surface area contributed by atoms with E-state index in [2.05, 4.69) is 10.2 Å². The maximum atomic E-state index is 11.8. The number of carbonyl (C=O) groups excluding carboxylic acids is 1. The van der Waals surface area contributed by atoms with Crippen LogP contribution >= 0.6 is 0 Å². The van der Waals surface area contributed by atoms with E-state index in [9.17, 15) is 4.79 Å². The fourth-order valence-corrected chi connectivity index (χ4v) is 2.00. The molecule has 2 aromatic carbocycles. The normalized spacial score (nSPS) is 9.74. The van der Waals surface area contributed by atoms with Crippen LogP contribution in [0.25, 0.3) is 0 Å². The third-order valence-electron chi connectivity index (χ3n) is 3.32. The number of benzene rings is 2. The SMILES string of the molecule is CN(CCNC(=O)COc1ccc(C#N)cc1)c1ccccc1. The van der Waals surface area contributed by atoms with E-state index >= 15 is 0 Å². The van der Waals surface area contributed by atoms with Crippen LogP contribution in [0.2, 0.25) is 0 Å². The van der Waals surface area contributed by atoms with Gasteiger partial charge < -0.3 is 15.0 Å². The average Bonchev–Trinajstić information content (AvgIpc) is 2.61. The van der Waals surface area contributed by atoms with Crippen molar-refractivity contribution in [1.82, 2.24) is 5.32 Å². The number of rotatable bonds is 7. The number of nitriles is 1. The van der Waals surface area contributed by atoms with Crippen LogP contribution in [0.5, 0.6) is 5.75 Å². The molecule has 0 aromatic heterocycles. The highest BCUT2D eigenvalue weighted by molar-refractivity contribution is 5.77. The Kier molecular flexibility index (Phi) is 6.01. The first-order chi connectivity index (χ1) is 11.2. The van der Waals surface area contributed by atoms with E-state index in [1.165, 1.54) is 0 Å². The van der Waals surface area contributed by atoms with Crippen molar-refractivity contribution in [1.29, 1.82) is 5.26 Å². The second-order valence-electron chi connectivity index (χ2n) is 5.03. The molecular weight excluding hydrogens is 290 g/mol. The number of likely N-dealkylation sites (N-methyl/N-ethyl adjacent to an activating group) is 1. The number of anilines is 1. The Balaban J connectivity index is 1.68. The summed E-state index contributed by atoms with van der Waals surface area (Å²) in [7, 11) is 1.98. The van der Waals surface area contributed by atoms with Crippen molar-refractivity contribution in [3.63, 3.8) is 0 Å². The maximum Gasteiger partial charge on any atom is 0.258 e. The largest absolute Gasteiger partial charge is 0.484 e. The molecule has 0 aliphatic carbocycles. The van der Waals surface area contributed by atoms with Crippen LogP contribution in [0.15, 0.2) is 54.6 Å². The van der Waals surface area contributed by atoms with Gasteiger partial charge in [0.2, 0.25) is 0 Å². The Hall–Kier alpha value is -3.00. The molecule has 0 radical (unpaired) electrons. The summed E-state index contributed by atoms with van der Waals surface area (Å²) in [6.45, 7) is 1.22. The van der Waals surface area contributed by atoms with Gasteiger partial charge in [-0.25, -0.2) is 0 Å². The number of amides is 1. The summed E-state index contributed by atoms with van der Waals surface area (Å²) in [6.07, 6.45) is 0. The monoisotopic (exact) mass is 309 g/mol. The Morgan fingerprint density at radius 2 is 1.87 bits per heavy atom. The zero-order valence-corrected chi connectivity index (χ0v) is 13.0. The first kappa shape index (κ1) is 16.4. The van der Waals surface area contributed by atoms with Crippen molar-refractivity contribution in [2.24, 2.45) is 0 Å². The Morgan fingerprint density at radius 1 is 1.17 bits per heavy atom. The lowest BCUT2D eigenvalue weighted by Gasteiger charge is -2.19. The number of carbonyl (C=O) groups is 1. The van der Waals surface area contributed by atoms with E-state index in [-0.39, 0.29) is 12.5 Å². The summed E-state index contributed by atoms with van der Waals surface area (Å²) < 4.78 is 5.37. The van der Waals surface area contributed by atoms with Crippen molar-refractivity contribution < 1.29 is 9.53 Å². The first-order valence-electron chi connectivity index (χ1n) is 7.35. The first-order valence-corrected chi connectivity index (χ1v) is 7.35. The van der Waals surface area contributed by atoms with Gasteiger partial charge in [0.1, 0.15) is 5.75 Å². The summed E-state index contributed by atoms with van der Waals surface area (Å²) in [6, 6.07) is 18.7. The minimum Gasteiger partial charge on any atom is -0.484 e. The topological polar surface area (TPSA) is 65.4 Å². The quantitative estimate of drug-likeness (QED) is 0.851. The van der Waals surface area contributed by atoms with E-state index < -0.39 is 0 Å². The highest BCUT2D eigenvalue weighted by Crippen LogP contribution is 2.11. The molecule has 0 fully saturated rings. The predicted molar refractivity (Wildman–Crippen MR) is 89.4 cm³/mol. The summed E-state index contributed by atoms with van der Waals surface area (Å²) in [5, 5.41) is 11.5. The molecule has 0 atom stereocenters. The van der Waals surface area contributed by atoms with Crippen LogP contribution in [-0.4, -0.2) is 32.7 Å². The molecule has 23 heavy (non-hydrogen) atoms. The van der Waals surface area contributed by atoms with Gasteiger partial charge in [0, 0.05) is 25.8 Å². The Bertz CT molecular complexity index is 663. The van der Waals surface area contributed by atoms with Crippen molar-refractivity contribution in [3.05, 3.63) is 60.2 Å². The lowest BCUT2D eigenvalue weighted by atomic mass is 10.2. The van der Waals surface area contributed by atoms with Crippen molar-refractivity contribution in [2.45, 2.75) is 0 Å². The number of nitrogens with zero attached hydrogens (tertiary/aromatic N) is 2. The van der Waals surface area contributed by atoms with Gasteiger partial charge in [-0.15, -0.1) is 0 Å². The highest BCUT2D eigenvalue weighted by atomic mass is 16.5. The Morgan fingerprint density at radius 3 is 2.52 bits per heavy atom. The second-order valence-corrected chi connectivity index (χ2v) is 5.03. The fraction of sp³-hybridized carbons (Fsp3) is 0.222. The molecule has 1 N–H and O–H groups in total. The lowest BCUT2D eigenvalue weighted by Crippen LogP contribution is -2.35. The molecule has 2 aromatic rings. The number of para-hydroxylation sites is 1. The molecule has 5 nitrogen and oxygen atoms in total. The molecule has 5 heteroatoms. The minimum absolute atomic E-state index is 0.0407. The number of nitrogens with one attached hydrogen (secondary N) is 1. The van der Waals surface area contributed by atoms with E-state index in [4.69, 9.17) is 10.00 Å². The third-order valence-corrected chi connectivity index (χ3v) is 3.32. The zero-order chi connectivity index (χ0) is 16.5. The van der Waals surface area contributed by atoms with E-state index in [0.717, 1.165) is 5.69 Å². The lowest BCUT2D eigenvalue weighted by molar-refractivity contribution is -0.123. The molecule has 0 spiro atoms. The molecule has 2 rings (SSSR count). The van der Waals surface area contributed by atoms with Crippen LogP contribution in [0.4, 0.5) is 5.69 Å². The molecule has 0 heterocycles. The summed E-state index contributed by atoms with van der Waals surface area (Å²) in [5.41, 5.74) is 1.67. The van der Waals surface area contributed by atoms with Crippen LogP contribution in [-0.2, 0) is 4.79 Å². The smallest absolute Gasteiger partial charge is 0.258 e. The van der Waals surface area contributed by atoms with Crippen molar-refractivity contribution in [3.8, 4) is 11.8 Å². The second kappa shape index (κ2) is 8.44. The van der Waals surface area contributed by atoms with Crippen LogP contribution in [0.1, 0.15) is 5.56 Å². The predicted octanol–water partition coefficient (Wildman–Crippen LogP) is 2.19. The zero-order valence-electron chi connectivity index (χ0n) is 13.0. The number of hydrogen-bond donors (Lipinski definition) is 1. The highest BCUT2D eigenvalue weighted by Gasteiger charge is 2.04. The van der Waals surface area contributed by atoms with Gasteiger partial charge in [0.15, 0.2) is 6.61 Å². The molecule has 0 bridgehead atoms. The molecule has 0 saturated carbocycles. The summed E-state index contributed by atoms with van der Waals surface area (Å²) in [5.74, 6) is 0.399. The Labute approximate surface area is 136 Å². The minimum atomic E-state index is -0.171. The average molecular weight is 309 g/mol. The van der Waals surface area contributed by atoms with Gasteiger partial charge in [-0.2, -0.15) is 5.26 Å². The van der Waals surface area contributed by atoms with Crippen LogP contribution in [0, 0.1) is 11.3 Å². The van der Waals surface area contributed by atoms with Gasteiger partial charge in [-0.05, 0) is 36.4 Å². The third kappa shape index (κ3) is 5.36. The fourth-order valence-electron chi connectivity index (χ4n) is 2.00. The molecule has 0 aliphatic rings. The number of hydrogen-bond acceptors (Lipinski definition) is 4. The maximum absolute atomic E-state index is 11.8. The summed E-state index contributed by atoms with van der Waals surface area (Å²) in [4.78, 5) is 13.8. The number of ether oxygens (including phenoxy) is 1. The van der Waals surface area contributed by atoms with E-state index in [1.54, 1.807) is 24.3 Å². The van der Waals surface area contributed by atoms with Gasteiger partial charge >= 0.3 is 0 Å². The standard InChI is InChI=1S/C18H19N3O2/c1-21(16-5-3-2-4-6-16)12-11-20-18(22)14-23-17-9-7-15(13-19)8-10-17/h2-10H,11-12,14H2,1H3,(H,20,22). The molecular formula is C18H19N3O2. The van der Waals surface area contributed by atoms with Crippen LogP contribution < -0.4 is 15.0 Å². The van der Waals surface area contributed by atoms with Crippen molar-refractivity contribution in [2.75, 3.05) is 31.6 Å². The van der Waals surface area contributed by atoms with Crippen molar-refractivity contribution >= 4 is 11.6 Å². The van der Waals surface area contributed by atoms with Gasteiger partial charge in [0.05, 0.1) is 11.6 Å². The van der Waals surface area contributed by atoms with Gasteiger partial charge in [-0.3, -0.25) is 4.79 Å².